The number of amides is 1. The molecule has 1 aliphatic rings. The van der Waals surface area contributed by atoms with E-state index in [-0.39, 0.29) is 5.91 Å². The van der Waals surface area contributed by atoms with Gasteiger partial charge >= 0.3 is 0 Å². The molecule has 2 heterocycles. The molecule has 5 rings (SSSR count). The molecule has 4 aromatic rings. The fourth-order valence-corrected chi connectivity index (χ4v) is 4.02. The van der Waals surface area contributed by atoms with Crippen molar-refractivity contribution in [2.24, 2.45) is 0 Å². The van der Waals surface area contributed by atoms with E-state index in [1.807, 2.05) is 61.5 Å². The Morgan fingerprint density at radius 2 is 1.82 bits per heavy atom. The molecule has 0 aliphatic carbocycles. The fraction of sp³-hybridized carbons (Fsp3) is 0.115. The minimum atomic E-state index is -0.123. The van der Waals surface area contributed by atoms with Crippen molar-refractivity contribution < 1.29 is 4.79 Å². The highest BCUT2D eigenvalue weighted by Crippen LogP contribution is 2.29. The highest BCUT2D eigenvalue weighted by Gasteiger charge is 2.14. The van der Waals surface area contributed by atoms with Crippen molar-refractivity contribution in [3.8, 4) is 0 Å². The Labute approximate surface area is 197 Å². The summed E-state index contributed by atoms with van der Waals surface area (Å²) >= 11 is 6.34. The topological polar surface area (TPSA) is 78.9 Å². The number of nitrogens with one attached hydrogen (secondary N) is 3. The van der Waals surface area contributed by atoms with Crippen molar-refractivity contribution in [2.45, 2.75) is 19.8 Å². The molecule has 33 heavy (non-hydrogen) atoms. The van der Waals surface area contributed by atoms with Crippen molar-refractivity contribution in [2.75, 3.05) is 16.0 Å². The van der Waals surface area contributed by atoms with Gasteiger partial charge in [-0.2, -0.15) is 4.98 Å². The molecular formula is C26H22ClN5O. The number of rotatable bonds is 2. The summed E-state index contributed by atoms with van der Waals surface area (Å²) in [6.07, 6.45) is 3.13. The van der Waals surface area contributed by atoms with Gasteiger partial charge in [0, 0.05) is 22.6 Å². The smallest absolute Gasteiger partial charge is 0.255 e. The van der Waals surface area contributed by atoms with Gasteiger partial charge in [-0.25, -0.2) is 4.98 Å². The largest absolute Gasteiger partial charge is 0.339 e. The van der Waals surface area contributed by atoms with Crippen LogP contribution in [0.2, 0.25) is 5.02 Å². The number of halogens is 1. The molecule has 0 saturated carbocycles. The fourth-order valence-electron chi connectivity index (χ4n) is 3.88. The molecule has 0 radical (unpaired) electrons. The zero-order valence-corrected chi connectivity index (χ0v) is 18.8. The molecule has 0 atom stereocenters. The van der Waals surface area contributed by atoms with E-state index in [9.17, 15) is 4.79 Å². The van der Waals surface area contributed by atoms with E-state index >= 15 is 0 Å². The molecule has 0 spiro atoms. The number of aryl methyl sites for hydroxylation is 3. The van der Waals surface area contributed by atoms with E-state index in [2.05, 4.69) is 38.1 Å². The number of benzene rings is 3. The summed E-state index contributed by atoms with van der Waals surface area (Å²) in [7, 11) is 0. The second kappa shape index (κ2) is 8.92. The van der Waals surface area contributed by atoms with E-state index in [0.717, 1.165) is 41.0 Å². The van der Waals surface area contributed by atoms with Gasteiger partial charge in [0.2, 0.25) is 5.95 Å². The maximum absolute atomic E-state index is 13.0. The van der Waals surface area contributed by atoms with Gasteiger partial charge < -0.3 is 16.0 Å². The number of hydrogen-bond donors (Lipinski definition) is 3. The third kappa shape index (κ3) is 4.66. The first-order chi connectivity index (χ1) is 16.0. The Morgan fingerprint density at radius 3 is 2.70 bits per heavy atom. The lowest BCUT2D eigenvalue weighted by molar-refractivity contribution is 0.102. The number of fused-ring (bicyclic) bond motifs is 6. The number of carbonyl (C=O) groups is 1. The minimum absolute atomic E-state index is 0.123. The van der Waals surface area contributed by atoms with E-state index in [4.69, 9.17) is 11.6 Å². The van der Waals surface area contributed by atoms with Crippen LogP contribution in [-0.4, -0.2) is 15.9 Å². The van der Waals surface area contributed by atoms with Gasteiger partial charge in [0.15, 0.2) is 5.82 Å². The molecule has 6 nitrogen and oxygen atoms in total. The van der Waals surface area contributed by atoms with Gasteiger partial charge in [-0.3, -0.25) is 4.79 Å². The van der Waals surface area contributed by atoms with E-state index in [1.165, 1.54) is 5.56 Å². The average Bonchev–Trinajstić information content (AvgIpc) is 2.81. The highest BCUT2D eigenvalue weighted by molar-refractivity contribution is 6.32. The first-order valence-corrected chi connectivity index (χ1v) is 11.1. The predicted molar refractivity (Wildman–Crippen MR) is 133 cm³/mol. The molecule has 1 aliphatic heterocycles. The van der Waals surface area contributed by atoms with Crippen molar-refractivity contribution in [3.63, 3.8) is 0 Å². The standard InChI is InChI=1S/C26H22ClN5O/c1-16-5-2-3-8-21(16)25(33)31-23-12-11-20-14-18(23)10-9-17-6-4-7-19(13-17)30-26-28-15-22(27)24(29-20)32-26/h2-8,11-15H,9-10H2,1H3,(H,31,33)(H2,28,29,30,32). The van der Waals surface area contributed by atoms with Gasteiger partial charge in [-0.1, -0.05) is 41.9 Å². The minimum Gasteiger partial charge on any atom is -0.339 e. The normalized spacial score (nSPS) is 12.3. The van der Waals surface area contributed by atoms with Crippen LogP contribution in [-0.2, 0) is 12.8 Å². The second-order valence-electron chi connectivity index (χ2n) is 7.98. The number of carbonyl (C=O) groups excluding carboxylic acids is 1. The van der Waals surface area contributed by atoms with E-state index < -0.39 is 0 Å². The van der Waals surface area contributed by atoms with Crippen molar-refractivity contribution in [3.05, 3.63) is 100 Å². The first-order valence-electron chi connectivity index (χ1n) is 10.7. The maximum Gasteiger partial charge on any atom is 0.255 e. The number of anilines is 5. The molecule has 0 saturated heterocycles. The molecular weight excluding hydrogens is 434 g/mol. The Morgan fingerprint density at radius 1 is 0.970 bits per heavy atom. The average molecular weight is 456 g/mol. The lowest BCUT2D eigenvalue weighted by Gasteiger charge is -2.15. The van der Waals surface area contributed by atoms with Crippen LogP contribution in [0.25, 0.3) is 0 Å². The molecule has 3 N–H and O–H groups in total. The third-order valence-corrected chi connectivity index (χ3v) is 5.89. The summed E-state index contributed by atoms with van der Waals surface area (Å²) in [5.41, 5.74) is 6.30. The molecule has 7 heteroatoms. The Bertz CT molecular complexity index is 1350. The second-order valence-corrected chi connectivity index (χ2v) is 8.39. The van der Waals surface area contributed by atoms with Crippen molar-refractivity contribution in [1.29, 1.82) is 0 Å². The maximum atomic E-state index is 13.0. The summed E-state index contributed by atoms with van der Waals surface area (Å²) in [4.78, 5) is 21.8. The van der Waals surface area contributed by atoms with Crippen LogP contribution in [0.1, 0.15) is 27.0 Å². The summed E-state index contributed by atoms with van der Waals surface area (Å²) in [5, 5.41) is 10.0. The highest BCUT2D eigenvalue weighted by atomic mass is 35.5. The van der Waals surface area contributed by atoms with Gasteiger partial charge in [0.25, 0.3) is 5.91 Å². The lowest BCUT2D eigenvalue weighted by atomic mass is 10.0. The first kappa shape index (κ1) is 21.0. The van der Waals surface area contributed by atoms with Crippen molar-refractivity contribution >= 4 is 46.3 Å². The molecule has 1 amide bonds. The van der Waals surface area contributed by atoms with Crippen molar-refractivity contribution in [1.82, 2.24) is 9.97 Å². The molecule has 0 fully saturated rings. The quantitative estimate of drug-likeness (QED) is 0.331. The number of nitrogens with zero attached hydrogens (tertiary/aromatic N) is 2. The number of hydrogen-bond acceptors (Lipinski definition) is 5. The summed E-state index contributed by atoms with van der Waals surface area (Å²) in [6, 6.07) is 21.6. The van der Waals surface area contributed by atoms with Crippen LogP contribution in [0, 0.1) is 6.92 Å². The molecule has 164 valence electrons. The SMILES string of the molecule is Cc1ccccc1C(=O)Nc1ccc2cc1CCc1cccc(c1)Nc1ncc(Cl)c(n1)N2. The van der Waals surface area contributed by atoms with E-state index in [1.54, 1.807) is 6.20 Å². The van der Waals surface area contributed by atoms with Crippen LogP contribution in [0.15, 0.2) is 72.9 Å². The molecule has 1 aromatic heterocycles. The van der Waals surface area contributed by atoms with Gasteiger partial charge in [0.05, 0.1) is 6.20 Å². The Balaban J connectivity index is 1.53. The molecule has 3 aromatic carbocycles. The lowest BCUT2D eigenvalue weighted by Crippen LogP contribution is -2.15. The Kier molecular flexibility index (Phi) is 5.67. The van der Waals surface area contributed by atoms with Crippen LogP contribution < -0.4 is 16.0 Å². The Hall–Kier alpha value is -3.90. The summed E-state index contributed by atoms with van der Waals surface area (Å²) in [6.45, 7) is 1.94. The van der Waals surface area contributed by atoms with Gasteiger partial charge in [-0.05, 0) is 72.9 Å². The monoisotopic (exact) mass is 455 g/mol. The third-order valence-electron chi connectivity index (χ3n) is 5.62. The number of aromatic nitrogens is 2. The van der Waals surface area contributed by atoms with Crippen LogP contribution in [0.3, 0.4) is 0 Å². The van der Waals surface area contributed by atoms with E-state index in [0.29, 0.717) is 22.4 Å². The molecule has 0 unspecified atom stereocenters. The van der Waals surface area contributed by atoms with Gasteiger partial charge in [-0.15, -0.1) is 0 Å². The predicted octanol–water partition coefficient (Wildman–Crippen LogP) is 6.28. The van der Waals surface area contributed by atoms with Crippen LogP contribution >= 0.6 is 11.6 Å². The summed E-state index contributed by atoms with van der Waals surface area (Å²) in [5.74, 6) is 0.843. The van der Waals surface area contributed by atoms with Crippen LogP contribution in [0.5, 0.6) is 0 Å². The zero-order chi connectivity index (χ0) is 22.8. The molecule has 6 bridgehead atoms. The zero-order valence-electron chi connectivity index (χ0n) is 18.0. The van der Waals surface area contributed by atoms with Gasteiger partial charge in [0.1, 0.15) is 5.02 Å². The summed E-state index contributed by atoms with van der Waals surface area (Å²) < 4.78 is 0. The van der Waals surface area contributed by atoms with Crippen LogP contribution in [0.4, 0.5) is 28.8 Å².